The van der Waals surface area contributed by atoms with Crippen LogP contribution in [-0.2, 0) is 18.3 Å². The number of carbonyl (C=O) groups is 2. The molecule has 0 amide bonds. The molecule has 0 unspecified atom stereocenters. The Morgan fingerprint density at radius 3 is 2.85 bits per heavy atom. The van der Waals surface area contributed by atoms with Crippen LogP contribution in [0.15, 0.2) is 12.3 Å². The molecular formula is C9H10FNO2. The van der Waals surface area contributed by atoms with Crippen LogP contribution in [0.4, 0.5) is 4.39 Å². The minimum atomic E-state index is -1.32. The van der Waals surface area contributed by atoms with E-state index in [1.165, 1.54) is 0 Å². The van der Waals surface area contributed by atoms with E-state index < -0.39 is 6.04 Å². The lowest BCUT2D eigenvalue weighted by molar-refractivity contribution is -0.129. The summed E-state index contributed by atoms with van der Waals surface area (Å²) >= 11 is 0. The summed E-state index contributed by atoms with van der Waals surface area (Å²) in [4.78, 5) is 20.5. The molecule has 0 aromatic carbocycles. The summed E-state index contributed by atoms with van der Waals surface area (Å²) in [7, 11) is 1.73. The number of hydrogen-bond donors (Lipinski definition) is 0. The third kappa shape index (κ3) is 2.50. The maximum atomic E-state index is 11.9. The second-order valence-electron chi connectivity index (χ2n) is 2.86. The molecule has 70 valence electrons. The largest absolute Gasteiger partial charge is 0.348 e. The number of nitrogens with zero attached hydrogens (tertiary/aromatic N) is 1. The van der Waals surface area contributed by atoms with Crippen molar-refractivity contribution >= 4 is 12.3 Å². The van der Waals surface area contributed by atoms with E-state index in [0.717, 1.165) is 11.8 Å². The van der Waals surface area contributed by atoms with Crippen LogP contribution in [0.2, 0.25) is 0 Å². The highest BCUT2D eigenvalue weighted by atomic mass is 19.1. The number of aromatic nitrogens is 1. The molecule has 0 fully saturated rings. The van der Waals surface area contributed by atoms with Crippen LogP contribution < -0.4 is 0 Å². The van der Waals surface area contributed by atoms with E-state index >= 15 is 0 Å². The van der Waals surface area contributed by atoms with Crippen LogP contribution in [0.5, 0.6) is 0 Å². The van der Waals surface area contributed by atoms with Crippen molar-refractivity contribution in [3.8, 4) is 0 Å². The highest BCUT2D eigenvalue weighted by molar-refractivity contribution is 5.73. The minimum absolute atomic E-state index is 0.123. The van der Waals surface area contributed by atoms with Gasteiger partial charge in [-0.1, -0.05) is 0 Å². The van der Waals surface area contributed by atoms with Crippen molar-refractivity contribution in [1.29, 1.82) is 0 Å². The maximum Gasteiger partial charge on any atom is 0.301 e. The fourth-order valence-corrected chi connectivity index (χ4v) is 1.15. The molecule has 13 heavy (non-hydrogen) atoms. The van der Waals surface area contributed by atoms with Gasteiger partial charge in [-0.05, 0) is 18.1 Å². The van der Waals surface area contributed by atoms with Gasteiger partial charge in [-0.3, -0.25) is 9.59 Å². The van der Waals surface area contributed by atoms with Gasteiger partial charge in [0.25, 0.3) is 0 Å². The highest BCUT2D eigenvalue weighted by Gasteiger charge is 2.04. The van der Waals surface area contributed by atoms with E-state index in [2.05, 4.69) is 0 Å². The third-order valence-electron chi connectivity index (χ3n) is 1.83. The zero-order valence-corrected chi connectivity index (χ0v) is 7.29. The molecule has 1 aromatic heterocycles. The van der Waals surface area contributed by atoms with Crippen molar-refractivity contribution in [3.63, 3.8) is 0 Å². The first-order chi connectivity index (χ1) is 6.13. The fraction of sp³-hybridized carbons (Fsp3) is 0.333. The molecule has 0 atom stereocenters. The summed E-state index contributed by atoms with van der Waals surface area (Å²) in [6, 6.07) is 0.326. The fourth-order valence-electron chi connectivity index (χ4n) is 1.15. The summed E-state index contributed by atoms with van der Waals surface area (Å²) in [6.45, 7) is 0. The van der Waals surface area contributed by atoms with Gasteiger partial charge in [-0.2, -0.15) is 4.39 Å². The first-order valence-corrected chi connectivity index (χ1v) is 3.92. The number of aryl methyl sites for hydroxylation is 2. The van der Waals surface area contributed by atoms with Gasteiger partial charge in [0.15, 0.2) is 6.29 Å². The Balaban J connectivity index is 2.68. The van der Waals surface area contributed by atoms with E-state index in [9.17, 15) is 14.0 Å². The Kier molecular flexibility index (Phi) is 2.95. The molecule has 0 aliphatic heterocycles. The van der Waals surface area contributed by atoms with Gasteiger partial charge in [0.2, 0.25) is 0 Å². The zero-order chi connectivity index (χ0) is 9.84. The zero-order valence-electron chi connectivity index (χ0n) is 7.29. The van der Waals surface area contributed by atoms with Gasteiger partial charge >= 0.3 is 6.04 Å². The summed E-state index contributed by atoms with van der Waals surface area (Å²) in [6.07, 6.45) is 2.66. The van der Waals surface area contributed by atoms with E-state index in [4.69, 9.17) is 0 Å². The molecule has 3 nitrogen and oxygen atoms in total. The van der Waals surface area contributed by atoms with Crippen LogP contribution in [0.3, 0.4) is 0 Å². The smallest absolute Gasteiger partial charge is 0.301 e. The van der Waals surface area contributed by atoms with Crippen LogP contribution in [-0.4, -0.2) is 16.9 Å². The molecule has 0 bridgehead atoms. The van der Waals surface area contributed by atoms with Gasteiger partial charge in [-0.25, -0.2) is 0 Å². The molecule has 4 heteroatoms. The minimum Gasteiger partial charge on any atom is -0.348 e. The topological polar surface area (TPSA) is 39.1 Å². The molecule has 0 spiro atoms. The molecule has 0 saturated carbocycles. The Labute approximate surface area is 75.2 Å². The molecule has 0 aliphatic rings. The lowest BCUT2D eigenvalue weighted by Gasteiger charge is -1.90. The predicted molar refractivity (Wildman–Crippen MR) is 45.2 cm³/mol. The molecule has 0 radical (unpaired) electrons. The van der Waals surface area contributed by atoms with Crippen LogP contribution in [0, 0.1) is 0 Å². The number of aldehydes is 1. The SMILES string of the molecule is Cn1cc(CCC(=O)F)cc1C=O. The van der Waals surface area contributed by atoms with Gasteiger partial charge in [0.05, 0.1) is 5.69 Å². The van der Waals surface area contributed by atoms with Crippen molar-refractivity contribution in [1.82, 2.24) is 4.57 Å². The third-order valence-corrected chi connectivity index (χ3v) is 1.83. The Morgan fingerprint density at radius 1 is 1.69 bits per heavy atom. The highest BCUT2D eigenvalue weighted by Crippen LogP contribution is 2.08. The van der Waals surface area contributed by atoms with Crippen LogP contribution in [0.1, 0.15) is 22.5 Å². The Morgan fingerprint density at radius 2 is 2.38 bits per heavy atom. The first-order valence-electron chi connectivity index (χ1n) is 3.92. The summed E-state index contributed by atoms with van der Waals surface area (Å²) in [5.74, 6) is 0. The normalized spacial score (nSPS) is 10.0. The summed E-state index contributed by atoms with van der Waals surface area (Å²) in [5, 5.41) is 0. The number of hydrogen-bond acceptors (Lipinski definition) is 2. The van der Waals surface area contributed by atoms with Gasteiger partial charge < -0.3 is 4.57 Å². The van der Waals surface area contributed by atoms with Crippen LogP contribution in [0.25, 0.3) is 0 Å². The van der Waals surface area contributed by atoms with E-state index in [1.807, 2.05) is 0 Å². The molecular weight excluding hydrogens is 173 g/mol. The van der Waals surface area contributed by atoms with Crippen molar-refractivity contribution in [3.05, 3.63) is 23.5 Å². The number of rotatable bonds is 4. The average Bonchev–Trinajstić information content (AvgIpc) is 2.43. The van der Waals surface area contributed by atoms with Gasteiger partial charge in [0, 0.05) is 19.7 Å². The van der Waals surface area contributed by atoms with E-state index in [1.54, 1.807) is 23.9 Å². The lowest BCUT2D eigenvalue weighted by Crippen LogP contribution is -1.91. The van der Waals surface area contributed by atoms with Crippen molar-refractivity contribution in [2.45, 2.75) is 12.8 Å². The summed E-state index contributed by atoms with van der Waals surface area (Å²) in [5.41, 5.74) is 1.33. The summed E-state index contributed by atoms with van der Waals surface area (Å²) < 4.78 is 13.5. The molecule has 0 saturated heterocycles. The van der Waals surface area contributed by atoms with Crippen molar-refractivity contribution in [2.24, 2.45) is 7.05 Å². The number of halogens is 1. The molecule has 0 N–H and O–H groups in total. The second kappa shape index (κ2) is 3.98. The standard InChI is InChI=1S/C9H10FNO2/c1-11-5-7(2-3-9(10)13)4-8(11)6-12/h4-6H,2-3H2,1H3. The molecule has 1 rings (SSSR count). The van der Waals surface area contributed by atoms with Gasteiger partial charge in [0.1, 0.15) is 0 Å². The van der Waals surface area contributed by atoms with Crippen molar-refractivity contribution < 1.29 is 14.0 Å². The predicted octanol–water partition coefficient (Wildman–Crippen LogP) is 1.27. The Hall–Kier alpha value is -1.45. The second-order valence-corrected chi connectivity index (χ2v) is 2.86. The number of carbonyl (C=O) groups excluding carboxylic acids is 2. The van der Waals surface area contributed by atoms with Crippen molar-refractivity contribution in [2.75, 3.05) is 0 Å². The van der Waals surface area contributed by atoms with E-state index in [-0.39, 0.29) is 6.42 Å². The molecule has 1 aromatic rings. The van der Waals surface area contributed by atoms with Gasteiger partial charge in [-0.15, -0.1) is 0 Å². The maximum absolute atomic E-state index is 11.9. The quantitative estimate of drug-likeness (QED) is 0.520. The average molecular weight is 183 g/mol. The van der Waals surface area contributed by atoms with Crippen LogP contribution >= 0.6 is 0 Å². The van der Waals surface area contributed by atoms with E-state index in [0.29, 0.717) is 12.1 Å². The monoisotopic (exact) mass is 183 g/mol. The first kappa shape index (κ1) is 9.64. The molecule has 1 heterocycles. The lowest BCUT2D eigenvalue weighted by atomic mass is 10.2. The molecule has 0 aliphatic carbocycles. The Bertz CT molecular complexity index is 330.